The van der Waals surface area contributed by atoms with E-state index in [0.29, 0.717) is 0 Å². The third-order valence-corrected chi connectivity index (χ3v) is 25.5. The molecule has 0 heterocycles. The summed E-state index contributed by atoms with van der Waals surface area (Å²) in [7, 11) is 0. The maximum absolute atomic E-state index is 2.49. The van der Waals surface area contributed by atoms with Gasteiger partial charge in [0, 0.05) is 10.8 Å². The van der Waals surface area contributed by atoms with Gasteiger partial charge in [-0.15, -0.1) is 0 Å². The number of hydrogen-bond donors (Lipinski definition) is 0. The van der Waals surface area contributed by atoms with E-state index in [9.17, 15) is 0 Å². The summed E-state index contributed by atoms with van der Waals surface area (Å²) in [6.45, 7) is 9.51. The van der Waals surface area contributed by atoms with E-state index in [0.717, 1.165) is 0 Å². The first kappa shape index (κ1) is 66.9. The van der Waals surface area contributed by atoms with Crippen LogP contribution >= 0.6 is 0 Å². The van der Waals surface area contributed by atoms with Gasteiger partial charge in [-0.05, 0) is 273 Å². The van der Waals surface area contributed by atoms with E-state index in [2.05, 4.69) is 428 Å². The van der Waals surface area contributed by atoms with Gasteiger partial charge in [-0.3, -0.25) is 0 Å². The second kappa shape index (κ2) is 26.3. The average Bonchev–Trinajstić information content (AvgIpc) is 1.32. The lowest BCUT2D eigenvalue weighted by Gasteiger charge is -2.23. The molecule has 0 fully saturated rings. The summed E-state index contributed by atoms with van der Waals surface area (Å²) in [5.74, 6) is 0. The highest BCUT2D eigenvalue weighted by Gasteiger charge is 2.37. The number of hydrogen-bond acceptors (Lipinski definition) is 0. The van der Waals surface area contributed by atoms with E-state index >= 15 is 0 Å². The quantitative estimate of drug-likeness (QED) is 0.133. The lowest BCUT2D eigenvalue weighted by Crippen LogP contribution is -2.14. The van der Waals surface area contributed by atoms with Crippen LogP contribution in [0.15, 0.2) is 400 Å². The predicted molar refractivity (Wildman–Crippen MR) is 489 cm³/mol. The van der Waals surface area contributed by atoms with E-state index < -0.39 is 0 Å². The lowest BCUT2D eigenvalue weighted by molar-refractivity contribution is 0.660. The first-order valence-electron chi connectivity index (χ1n) is 40.1. The van der Waals surface area contributed by atoms with Crippen LogP contribution in [-0.4, -0.2) is 0 Å². The molecule has 0 radical (unpaired) electrons. The number of benzene rings is 21. The summed E-state index contributed by atoms with van der Waals surface area (Å²) in [6, 6.07) is 149. The molecule has 0 N–H and O–H groups in total. The molecule has 0 atom stereocenters. The van der Waals surface area contributed by atoms with Gasteiger partial charge in [-0.25, -0.2) is 0 Å². The smallest absolute Gasteiger partial charge is 0.0159 e. The zero-order valence-electron chi connectivity index (χ0n) is 64.1. The van der Waals surface area contributed by atoms with Crippen LogP contribution in [0.3, 0.4) is 0 Å². The van der Waals surface area contributed by atoms with Gasteiger partial charge in [-0.2, -0.15) is 0 Å². The van der Waals surface area contributed by atoms with Crippen molar-refractivity contribution in [2.75, 3.05) is 0 Å². The number of rotatable bonds is 8. The summed E-state index contributed by atoms with van der Waals surface area (Å²) in [6.07, 6.45) is 0. The highest BCUT2D eigenvalue weighted by molar-refractivity contribution is 6.25. The van der Waals surface area contributed by atoms with Gasteiger partial charge in [0.25, 0.3) is 0 Å². The Morgan fingerprint density at radius 3 is 0.789 bits per heavy atom. The molecule has 2 aliphatic carbocycles. The molecule has 0 heteroatoms. The molecule has 21 aromatic carbocycles. The van der Waals surface area contributed by atoms with E-state index in [4.69, 9.17) is 0 Å². The van der Waals surface area contributed by atoms with Crippen molar-refractivity contribution in [1.82, 2.24) is 0 Å². The average molecular weight is 1450 g/mol. The molecular formula is C114H78. The zero-order valence-corrected chi connectivity index (χ0v) is 64.1. The third-order valence-electron chi connectivity index (χ3n) is 25.5. The molecule has 0 bridgehead atoms. The predicted octanol–water partition coefficient (Wildman–Crippen LogP) is 31.7. The minimum atomic E-state index is -0.0971. The van der Waals surface area contributed by atoms with E-state index in [1.807, 2.05) is 0 Å². The lowest BCUT2D eigenvalue weighted by atomic mass is 9.80. The molecule has 0 nitrogen and oxygen atoms in total. The first-order chi connectivity index (χ1) is 56.1. The fourth-order valence-electron chi connectivity index (χ4n) is 20.0. The van der Waals surface area contributed by atoms with Crippen molar-refractivity contribution in [2.45, 2.75) is 38.5 Å². The zero-order chi connectivity index (χ0) is 75.9. The molecule has 0 saturated carbocycles. The molecule has 0 unspecified atom stereocenters. The maximum atomic E-state index is 2.49. The van der Waals surface area contributed by atoms with Crippen LogP contribution in [0.1, 0.15) is 49.9 Å². The maximum Gasteiger partial charge on any atom is 0.0159 e. The molecule has 21 aromatic rings. The van der Waals surface area contributed by atoms with Gasteiger partial charge in [0.05, 0.1) is 0 Å². The van der Waals surface area contributed by atoms with Crippen LogP contribution in [0.25, 0.3) is 208 Å². The topological polar surface area (TPSA) is 0 Å². The van der Waals surface area contributed by atoms with Crippen LogP contribution in [0.4, 0.5) is 0 Å². The minimum absolute atomic E-state index is 0.0936. The van der Waals surface area contributed by atoms with E-state index in [-0.39, 0.29) is 10.8 Å². The Morgan fingerprint density at radius 1 is 0.132 bits per heavy atom. The molecule has 0 amide bonds. The molecule has 2 aliphatic rings. The van der Waals surface area contributed by atoms with Gasteiger partial charge >= 0.3 is 0 Å². The fraction of sp³-hybridized carbons (Fsp3) is 0.0526. The van der Waals surface area contributed by atoms with E-state index in [1.54, 1.807) is 0 Å². The van der Waals surface area contributed by atoms with Gasteiger partial charge in [0.15, 0.2) is 0 Å². The van der Waals surface area contributed by atoms with Crippen LogP contribution in [0.2, 0.25) is 0 Å². The van der Waals surface area contributed by atoms with Crippen molar-refractivity contribution < 1.29 is 0 Å². The van der Waals surface area contributed by atoms with Crippen LogP contribution in [0.5, 0.6) is 0 Å². The van der Waals surface area contributed by atoms with Crippen molar-refractivity contribution >= 4 is 97.0 Å². The van der Waals surface area contributed by atoms with Crippen LogP contribution in [-0.2, 0) is 10.8 Å². The molecule has 23 rings (SSSR count). The van der Waals surface area contributed by atoms with Crippen molar-refractivity contribution in [2.24, 2.45) is 0 Å². The van der Waals surface area contributed by atoms with Crippen LogP contribution < -0.4 is 0 Å². The second-order valence-corrected chi connectivity index (χ2v) is 32.4. The summed E-state index contributed by atoms with van der Waals surface area (Å²) in [5, 5.41) is 22.7. The Hall–Kier alpha value is -14.0. The summed E-state index contributed by atoms with van der Waals surface area (Å²) < 4.78 is 0. The Bertz CT molecular complexity index is 7580. The van der Waals surface area contributed by atoms with Crippen molar-refractivity contribution in [3.05, 3.63) is 423 Å². The summed E-state index contributed by atoms with van der Waals surface area (Å²) >= 11 is 0. The van der Waals surface area contributed by atoms with Crippen molar-refractivity contribution in [1.29, 1.82) is 0 Å². The highest BCUT2D eigenvalue weighted by atomic mass is 14.4. The molecule has 114 heavy (non-hydrogen) atoms. The molecule has 0 aromatic heterocycles. The molecule has 0 spiro atoms. The van der Waals surface area contributed by atoms with Gasteiger partial charge < -0.3 is 0 Å². The SMILES string of the molecule is CC1(C)c2ccccc2-c2ccc(-c3c4ccccc4c(-c4ccc5cc(-c6cccc7ccccc67)ccc5c4)c4ccc(-c5cccc6ccccc56)cc34)cc21.CC1(C)c2ccccc2-c2ccc(-c3c4ccccc4c(-c4cccc(-c5cccc6ccccc56)c4)c4ccc(-c5cccc6ccccc56)cc34)cc21. The first-order valence-corrected chi connectivity index (χ1v) is 40.1. The molecule has 534 valence electrons. The summed E-state index contributed by atoms with van der Waals surface area (Å²) in [5.41, 5.74) is 30.8. The minimum Gasteiger partial charge on any atom is -0.0619 e. The van der Waals surface area contributed by atoms with Crippen LogP contribution in [0, 0.1) is 0 Å². The van der Waals surface area contributed by atoms with Gasteiger partial charge in [0.2, 0.25) is 0 Å². The Kier molecular flexibility index (Phi) is 15.4. The third kappa shape index (κ3) is 10.7. The van der Waals surface area contributed by atoms with Gasteiger partial charge in [0.1, 0.15) is 0 Å². The normalized spacial score (nSPS) is 13.1. The monoisotopic (exact) mass is 1450 g/mol. The summed E-state index contributed by atoms with van der Waals surface area (Å²) in [4.78, 5) is 0. The standard InChI is InChI=1S/C59H40.C55H38/c1-59(2)55-24-10-9-19-49(55)50-31-30-44(36-56(50)59)58-52-21-8-7-20-51(52)57(53-32-29-42(35-54(53)58)48-23-12-16-38-14-4-6-18-46(38)48)43-28-26-39-33-41(27-25-40(39)34-43)47-22-11-15-37-13-3-5-17-45(37)47;1-55(2)51-27-10-9-22-45(51)46-30-29-40(34-52(46)55)54-48-24-8-7-23-47(48)53(39-19-11-18-37(32-39)43-25-12-16-35-14-3-5-20-41(35)43)49-31-28-38(33-50(49)54)44-26-13-17-36-15-4-6-21-42(36)44/h3-36H,1-2H3;3-34H,1-2H3. The van der Waals surface area contributed by atoms with Gasteiger partial charge in [-0.1, -0.05) is 386 Å². The van der Waals surface area contributed by atoms with Crippen molar-refractivity contribution in [3.8, 4) is 111 Å². The highest BCUT2D eigenvalue weighted by Crippen LogP contribution is 2.55. The Labute approximate surface area is 664 Å². The molecular weight excluding hydrogens is 1370 g/mol. The fourth-order valence-corrected chi connectivity index (χ4v) is 20.0. The number of fused-ring (bicyclic) bond motifs is 15. The molecule has 0 saturated heterocycles. The Morgan fingerprint density at radius 2 is 0.377 bits per heavy atom. The Balaban J connectivity index is 0.000000139. The van der Waals surface area contributed by atoms with E-state index in [1.165, 1.54) is 230 Å². The van der Waals surface area contributed by atoms with Crippen molar-refractivity contribution in [3.63, 3.8) is 0 Å². The second-order valence-electron chi connectivity index (χ2n) is 32.4. The largest absolute Gasteiger partial charge is 0.0619 e. The molecule has 0 aliphatic heterocycles.